The Kier molecular flexibility index (Phi) is 6.20. The summed E-state index contributed by atoms with van der Waals surface area (Å²) in [6.45, 7) is 0.950. The van der Waals surface area contributed by atoms with Gasteiger partial charge in [-0.25, -0.2) is 17.5 Å². The molecule has 0 fully saturated rings. The van der Waals surface area contributed by atoms with Gasteiger partial charge in [0.05, 0.1) is 5.69 Å². The van der Waals surface area contributed by atoms with Gasteiger partial charge >= 0.3 is 0 Å². The van der Waals surface area contributed by atoms with Gasteiger partial charge in [0, 0.05) is 20.3 Å². The van der Waals surface area contributed by atoms with E-state index in [0.29, 0.717) is 19.6 Å². The second-order valence-electron chi connectivity index (χ2n) is 4.10. The molecule has 3 N–H and O–H groups in total. The number of para-hydroxylation sites is 1. The number of unbranched alkanes of at least 4 members (excludes halogenated alkanes) is 2. The van der Waals surface area contributed by atoms with Crippen LogP contribution in [0.4, 0.5) is 10.1 Å². The number of nitrogens with one attached hydrogen (secondary N) is 1. The van der Waals surface area contributed by atoms with Gasteiger partial charge < -0.3 is 10.5 Å². The van der Waals surface area contributed by atoms with Crippen molar-refractivity contribution in [3.63, 3.8) is 0 Å². The molecule has 0 atom stereocenters. The second-order valence-corrected chi connectivity index (χ2v) is 5.84. The fourth-order valence-corrected chi connectivity index (χ4v) is 2.80. The molecule has 0 aliphatic rings. The highest BCUT2D eigenvalue weighted by atomic mass is 32.2. The van der Waals surface area contributed by atoms with E-state index in [9.17, 15) is 12.8 Å². The van der Waals surface area contributed by atoms with Gasteiger partial charge in [-0.3, -0.25) is 0 Å². The molecule has 0 aromatic heterocycles. The summed E-state index contributed by atoms with van der Waals surface area (Å²) in [5.74, 6) is -0.733. The van der Waals surface area contributed by atoms with Gasteiger partial charge in [0.15, 0.2) is 0 Å². The first kappa shape index (κ1) is 15.9. The minimum atomic E-state index is -3.75. The molecule has 0 spiro atoms. The molecule has 0 aliphatic heterocycles. The monoisotopic (exact) mass is 290 g/mol. The second kappa shape index (κ2) is 7.42. The lowest BCUT2D eigenvalue weighted by molar-refractivity contribution is 0.192. The maximum absolute atomic E-state index is 13.2. The zero-order valence-electron chi connectivity index (χ0n) is 10.9. The molecule has 0 saturated carbocycles. The van der Waals surface area contributed by atoms with E-state index in [-0.39, 0.29) is 10.6 Å². The number of sulfonamides is 1. The Hall–Kier alpha value is -1.18. The maximum Gasteiger partial charge on any atom is 0.242 e. The number of nitrogen functional groups attached to an aromatic ring is 1. The van der Waals surface area contributed by atoms with Crippen LogP contribution in [0.15, 0.2) is 23.1 Å². The Balaban J connectivity index is 2.54. The standard InChI is InChI=1S/C12H19FN2O3S/c1-18-9-4-2-3-8-15-19(16,17)11-7-5-6-10(13)12(11)14/h5-7,15H,2-4,8-9,14H2,1H3. The molecule has 0 saturated heterocycles. The van der Waals surface area contributed by atoms with Gasteiger partial charge in [0.2, 0.25) is 10.0 Å². The van der Waals surface area contributed by atoms with E-state index in [1.54, 1.807) is 7.11 Å². The molecule has 7 heteroatoms. The highest BCUT2D eigenvalue weighted by Gasteiger charge is 2.18. The summed E-state index contributed by atoms with van der Waals surface area (Å²) in [6.07, 6.45) is 2.42. The molecular formula is C12H19FN2O3S. The van der Waals surface area contributed by atoms with Gasteiger partial charge in [-0.2, -0.15) is 0 Å². The Bertz CT molecular complexity index is 506. The third-order valence-corrected chi connectivity index (χ3v) is 4.14. The Morgan fingerprint density at radius 3 is 2.74 bits per heavy atom. The molecule has 0 radical (unpaired) electrons. The lowest BCUT2D eigenvalue weighted by Gasteiger charge is -2.09. The van der Waals surface area contributed by atoms with Crippen molar-refractivity contribution < 1.29 is 17.5 Å². The Labute approximate surface area is 113 Å². The summed E-state index contributed by atoms with van der Waals surface area (Å²) < 4.78 is 44.3. The van der Waals surface area contributed by atoms with Crippen molar-refractivity contribution in [1.82, 2.24) is 4.72 Å². The van der Waals surface area contributed by atoms with E-state index in [1.807, 2.05) is 0 Å². The van der Waals surface area contributed by atoms with Crippen molar-refractivity contribution in [3.8, 4) is 0 Å². The Morgan fingerprint density at radius 2 is 2.05 bits per heavy atom. The van der Waals surface area contributed by atoms with Crippen LogP contribution in [0.3, 0.4) is 0 Å². The van der Waals surface area contributed by atoms with Gasteiger partial charge in [-0.15, -0.1) is 0 Å². The average molecular weight is 290 g/mol. The van der Waals surface area contributed by atoms with Gasteiger partial charge in [-0.1, -0.05) is 6.07 Å². The van der Waals surface area contributed by atoms with Gasteiger partial charge in [0.25, 0.3) is 0 Å². The van der Waals surface area contributed by atoms with E-state index in [1.165, 1.54) is 12.1 Å². The third-order valence-electron chi connectivity index (χ3n) is 2.62. The van der Waals surface area contributed by atoms with Crippen LogP contribution in [0.5, 0.6) is 0 Å². The van der Waals surface area contributed by atoms with E-state index >= 15 is 0 Å². The smallest absolute Gasteiger partial charge is 0.242 e. The third kappa shape index (κ3) is 4.77. The zero-order valence-corrected chi connectivity index (χ0v) is 11.7. The molecule has 0 bridgehead atoms. The van der Waals surface area contributed by atoms with Crippen molar-refractivity contribution in [2.24, 2.45) is 0 Å². The number of halogens is 1. The molecule has 0 amide bonds. The number of benzene rings is 1. The van der Waals surface area contributed by atoms with Crippen molar-refractivity contribution in [1.29, 1.82) is 0 Å². The van der Waals surface area contributed by atoms with Crippen LogP contribution in [0.25, 0.3) is 0 Å². The van der Waals surface area contributed by atoms with Crippen LogP contribution in [0, 0.1) is 5.82 Å². The number of methoxy groups -OCH3 is 1. The minimum absolute atomic E-state index is 0.218. The summed E-state index contributed by atoms with van der Waals surface area (Å²) in [6, 6.07) is 3.73. The molecule has 1 aromatic rings. The molecule has 1 rings (SSSR count). The SMILES string of the molecule is COCCCCCNS(=O)(=O)c1cccc(F)c1N. The number of anilines is 1. The number of nitrogens with two attached hydrogens (primary N) is 1. The molecule has 108 valence electrons. The molecule has 19 heavy (non-hydrogen) atoms. The number of hydrogen-bond donors (Lipinski definition) is 2. The highest BCUT2D eigenvalue weighted by molar-refractivity contribution is 7.89. The first-order valence-electron chi connectivity index (χ1n) is 6.01. The molecule has 5 nitrogen and oxygen atoms in total. The fraction of sp³-hybridized carbons (Fsp3) is 0.500. The number of ether oxygens (including phenoxy) is 1. The highest BCUT2D eigenvalue weighted by Crippen LogP contribution is 2.20. The summed E-state index contributed by atoms with van der Waals surface area (Å²) in [4.78, 5) is -0.218. The van der Waals surface area contributed by atoms with E-state index in [2.05, 4.69) is 4.72 Å². The lowest BCUT2D eigenvalue weighted by atomic mass is 10.2. The van der Waals surface area contributed by atoms with Crippen LogP contribution in [0.2, 0.25) is 0 Å². The van der Waals surface area contributed by atoms with Gasteiger partial charge in [0.1, 0.15) is 10.7 Å². The predicted molar refractivity (Wildman–Crippen MR) is 71.7 cm³/mol. The molecule has 0 heterocycles. The minimum Gasteiger partial charge on any atom is -0.395 e. The first-order valence-corrected chi connectivity index (χ1v) is 7.50. The molecule has 0 aliphatic carbocycles. The van der Waals surface area contributed by atoms with Crippen molar-refractivity contribution >= 4 is 15.7 Å². The fourth-order valence-electron chi connectivity index (χ4n) is 1.58. The largest absolute Gasteiger partial charge is 0.395 e. The molecule has 0 unspecified atom stereocenters. The van der Waals surface area contributed by atoms with E-state index in [4.69, 9.17) is 10.5 Å². The maximum atomic E-state index is 13.2. The summed E-state index contributed by atoms with van der Waals surface area (Å²) in [5, 5.41) is 0. The van der Waals surface area contributed by atoms with E-state index < -0.39 is 15.8 Å². The average Bonchev–Trinajstić information content (AvgIpc) is 2.36. The lowest BCUT2D eigenvalue weighted by Crippen LogP contribution is -2.26. The quantitative estimate of drug-likeness (QED) is 0.561. The topological polar surface area (TPSA) is 81.4 Å². The summed E-state index contributed by atoms with van der Waals surface area (Å²) in [7, 11) is -2.13. The van der Waals surface area contributed by atoms with E-state index in [0.717, 1.165) is 18.9 Å². The number of rotatable bonds is 8. The van der Waals surface area contributed by atoms with Crippen LogP contribution < -0.4 is 10.5 Å². The van der Waals surface area contributed by atoms with Gasteiger partial charge in [-0.05, 0) is 31.4 Å². The van der Waals surface area contributed by atoms with Crippen molar-refractivity contribution in [2.45, 2.75) is 24.2 Å². The predicted octanol–water partition coefficient (Wildman–Crippen LogP) is 1.50. The molecular weight excluding hydrogens is 271 g/mol. The van der Waals surface area contributed by atoms with Crippen LogP contribution >= 0.6 is 0 Å². The van der Waals surface area contributed by atoms with Crippen LogP contribution in [-0.4, -0.2) is 28.7 Å². The normalized spacial score (nSPS) is 11.7. The zero-order chi connectivity index (χ0) is 14.3. The van der Waals surface area contributed by atoms with Crippen LogP contribution in [-0.2, 0) is 14.8 Å². The van der Waals surface area contributed by atoms with Crippen molar-refractivity contribution in [3.05, 3.63) is 24.0 Å². The summed E-state index contributed by atoms with van der Waals surface area (Å²) >= 11 is 0. The van der Waals surface area contributed by atoms with Crippen LogP contribution in [0.1, 0.15) is 19.3 Å². The molecule has 1 aromatic carbocycles. The Morgan fingerprint density at radius 1 is 1.32 bits per heavy atom. The number of hydrogen-bond acceptors (Lipinski definition) is 4. The first-order chi connectivity index (χ1) is 8.99. The van der Waals surface area contributed by atoms with Crippen molar-refractivity contribution in [2.75, 3.05) is 26.0 Å². The summed E-state index contributed by atoms with van der Waals surface area (Å²) in [5.41, 5.74) is 5.08.